The van der Waals surface area contributed by atoms with Gasteiger partial charge in [-0.15, -0.1) is 0 Å². The molecule has 462 valence electrons. The average Bonchev–Trinajstić information content (AvgIpc) is 1.73. The Balaban J connectivity index is 1.32. The Morgan fingerprint density at radius 3 is 2.39 bits per heavy atom. The normalized spacial score (nSPS) is 24.2. The number of urea groups is 1. The number of fused-ring (bicyclic) bond motifs is 5. The number of carbonyl (C=O) groups is 8. The molecule has 2 fully saturated rings. The van der Waals surface area contributed by atoms with Gasteiger partial charge in [-0.25, -0.2) is 19.2 Å². The molecule has 23 nitrogen and oxygen atoms in total. The minimum Gasteiger partial charge on any atom is -0.495 e. The van der Waals surface area contributed by atoms with Crippen molar-refractivity contribution in [2.24, 2.45) is 17.6 Å². The number of ether oxygens (including phenoxy) is 6. The van der Waals surface area contributed by atoms with Crippen LogP contribution in [0.25, 0.3) is 0 Å². The zero-order valence-corrected chi connectivity index (χ0v) is 52.0. The van der Waals surface area contributed by atoms with Crippen molar-refractivity contribution in [3.05, 3.63) is 82.4 Å². The van der Waals surface area contributed by atoms with E-state index in [0.717, 1.165) is 11.1 Å². The number of benzene rings is 2. The number of nitrogens with one attached hydrogen (secondary N) is 6. The summed E-state index contributed by atoms with van der Waals surface area (Å²) in [6.07, 6.45) is 1.14. The number of anilines is 3. The van der Waals surface area contributed by atoms with Crippen LogP contribution in [0, 0.1) is 18.8 Å². The molecule has 25 heteroatoms. The van der Waals surface area contributed by atoms with Gasteiger partial charge < -0.3 is 65.4 Å². The summed E-state index contributed by atoms with van der Waals surface area (Å²) in [6, 6.07) is 5.22. The Kier molecular flexibility index (Phi) is 24.2. The van der Waals surface area contributed by atoms with Crippen LogP contribution in [0.5, 0.6) is 5.75 Å². The topological polar surface area (TPSA) is 317 Å². The van der Waals surface area contributed by atoms with Gasteiger partial charge in [-0.05, 0) is 121 Å². The van der Waals surface area contributed by atoms with Crippen LogP contribution in [-0.4, -0.2) is 139 Å². The van der Waals surface area contributed by atoms with Crippen LogP contribution >= 0.6 is 27.5 Å². The smallest absolute Gasteiger partial charge is 0.412 e. The number of nitrogens with two attached hydrogens (primary N) is 1. The number of primary amides is 1. The molecule has 4 bridgehead atoms. The van der Waals surface area contributed by atoms with Crippen LogP contribution in [-0.2, 0) is 54.1 Å². The summed E-state index contributed by atoms with van der Waals surface area (Å²) in [7, 11) is 4.41. The molecule has 3 aliphatic rings. The molecular formula is C59H82BrClN8O15. The van der Waals surface area contributed by atoms with E-state index >= 15 is 0 Å². The molecule has 0 aliphatic carbocycles. The van der Waals surface area contributed by atoms with Crippen LogP contribution in [0.1, 0.15) is 111 Å². The van der Waals surface area contributed by atoms with Crippen LogP contribution in [0.2, 0.25) is 5.02 Å². The highest BCUT2D eigenvalue weighted by Gasteiger charge is 2.64. The molecule has 9 N–H and O–H groups in total. The molecule has 0 saturated carbocycles. The molecule has 5 rings (SSSR count). The quantitative estimate of drug-likeness (QED) is 0.0141. The number of hydrogen-bond donors (Lipinski definition) is 8. The van der Waals surface area contributed by atoms with E-state index < -0.39 is 108 Å². The number of rotatable bonds is 22. The molecule has 9 atom stereocenters. The summed E-state index contributed by atoms with van der Waals surface area (Å²) < 4.78 is 35.0. The second kappa shape index (κ2) is 29.9. The molecule has 3 heterocycles. The number of hydrogen-bond acceptors (Lipinski definition) is 15. The van der Waals surface area contributed by atoms with Gasteiger partial charge in [-0.3, -0.25) is 29.8 Å². The number of alkyl carbamates (subject to hydrolysis) is 1. The SMILES string of the molecule is C=C(CBr)C(=O)OC(C)(C)CCCCC(=O)N[C@H](C(=O)N[C@@H](CCCNC(N)=O)C(=O)Nc1ccc(NC(=O)O[C@H]2CC(=O)N(C)c3cc(cc(OC)c3Cl)C/C(C)=C/C=C/[C@@H](OC)[C@@]3(O)C[C@H](OC(=O)N3)[C@@H](C)[C@@H]3O[C@@]23C)c(C)c1)C(C)C. The van der Waals surface area contributed by atoms with E-state index in [9.17, 15) is 43.5 Å². The van der Waals surface area contributed by atoms with E-state index in [1.165, 1.54) is 31.3 Å². The number of epoxide rings is 1. The van der Waals surface area contributed by atoms with Crippen molar-refractivity contribution in [1.82, 2.24) is 21.3 Å². The molecular weight excluding hydrogens is 1180 g/mol. The number of carbonyl (C=O) groups excluding carboxylic acids is 8. The van der Waals surface area contributed by atoms with E-state index in [-0.39, 0.29) is 65.7 Å². The first-order valence-electron chi connectivity index (χ1n) is 27.8. The molecule has 3 aliphatic heterocycles. The standard InChI is InChI=1S/C59H82BrClN8O15/c1-32(2)49(67-46(70)20-13-14-23-57(7,8)84-53(74)35(5)31-60)52(73)65-40(18-16-24-63-54(62)75)51(72)64-38-21-22-39(34(4)26-38)66-55(76)82-45-29-47(71)69(10)41-27-37(28-42(79-11)48(41)61)25-33(3)17-15-19-44(80-12)59(78)30-43(81-56(77)68-59)36(6)50-58(45,9)83-50/h15,17,19,21-22,26-28,32,36,40,43-45,49-50,78H,5,13-14,16,18,20,23-25,29-31H2,1-4,6-12H3,(H,64,72)(H,65,73)(H,66,76)(H,67,70)(H,68,77)(H3,62,63,75)/b19-15+,33-17+/t36-,40+,43+,44-,45+,49+,50+,58+,59+/m1/s1. The maximum absolute atomic E-state index is 14.4. The molecule has 2 aromatic rings. The van der Waals surface area contributed by atoms with Crippen molar-refractivity contribution in [3.63, 3.8) is 0 Å². The summed E-state index contributed by atoms with van der Waals surface area (Å²) in [4.78, 5) is 108. The first kappa shape index (κ1) is 68.1. The number of aliphatic hydroxyl groups is 1. The van der Waals surface area contributed by atoms with Crippen molar-refractivity contribution >= 4 is 92.4 Å². The summed E-state index contributed by atoms with van der Waals surface area (Å²) in [5, 5.41) is 28.5. The monoisotopic (exact) mass is 1260 g/mol. The Morgan fingerprint density at radius 1 is 1.04 bits per heavy atom. The van der Waals surface area contributed by atoms with E-state index in [4.69, 9.17) is 45.8 Å². The maximum atomic E-state index is 14.4. The Hall–Kier alpha value is -6.73. The molecule has 0 aromatic heterocycles. The predicted octanol–water partition coefficient (Wildman–Crippen LogP) is 7.53. The van der Waals surface area contributed by atoms with Crippen molar-refractivity contribution < 1.29 is 71.9 Å². The first-order valence-corrected chi connectivity index (χ1v) is 29.3. The summed E-state index contributed by atoms with van der Waals surface area (Å²) >= 11 is 10.0. The zero-order chi connectivity index (χ0) is 62.4. The van der Waals surface area contributed by atoms with Gasteiger partial charge in [0.15, 0.2) is 5.72 Å². The lowest BCUT2D eigenvalue weighted by Crippen LogP contribution is -2.63. The van der Waals surface area contributed by atoms with Crippen molar-refractivity contribution in [2.45, 2.75) is 167 Å². The maximum Gasteiger partial charge on any atom is 0.412 e. The average molecular weight is 1260 g/mol. The molecule has 2 aromatic carbocycles. The largest absolute Gasteiger partial charge is 0.495 e. The third kappa shape index (κ3) is 18.6. The van der Waals surface area contributed by atoms with Gasteiger partial charge >= 0.3 is 24.2 Å². The van der Waals surface area contributed by atoms with Crippen LogP contribution in [0.4, 0.5) is 31.4 Å². The molecule has 0 unspecified atom stereocenters. The first-order chi connectivity index (χ1) is 39.4. The molecule has 0 radical (unpaired) electrons. The fraction of sp³-hybridized carbons (Fsp3) is 0.559. The Bertz CT molecular complexity index is 2850. The summed E-state index contributed by atoms with van der Waals surface area (Å²) in [5.41, 5.74) is 4.54. The molecule has 0 spiro atoms. The lowest BCUT2D eigenvalue weighted by Gasteiger charge is -2.42. The number of esters is 1. The van der Waals surface area contributed by atoms with Crippen molar-refractivity contribution in [3.8, 4) is 5.75 Å². The van der Waals surface area contributed by atoms with E-state index in [2.05, 4.69) is 54.4 Å². The van der Waals surface area contributed by atoms with E-state index in [1.54, 1.807) is 85.9 Å². The van der Waals surface area contributed by atoms with Crippen molar-refractivity contribution in [2.75, 3.05) is 48.7 Å². The van der Waals surface area contributed by atoms with Crippen LogP contribution in [0.15, 0.2) is 66.3 Å². The molecule has 84 heavy (non-hydrogen) atoms. The van der Waals surface area contributed by atoms with Gasteiger partial charge in [0.25, 0.3) is 0 Å². The summed E-state index contributed by atoms with van der Waals surface area (Å²) in [6.45, 7) is 17.8. The second-order valence-corrected chi connectivity index (χ2v) is 23.7. The van der Waals surface area contributed by atoms with Crippen LogP contribution in [0.3, 0.4) is 0 Å². The Morgan fingerprint density at radius 2 is 1.75 bits per heavy atom. The van der Waals surface area contributed by atoms with E-state index in [0.29, 0.717) is 48.4 Å². The third-order valence-electron chi connectivity index (χ3n) is 15.0. The number of allylic oxidation sites excluding steroid dienone is 3. The summed E-state index contributed by atoms with van der Waals surface area (Å²) in [5.74, 6) is -3.30. The number of methoxy groups -OCH3 is 2. The zero-order valence-electron chi connectivity index (χ0n) is 49.7. The number of alkyl halides is 1. The fourth-order valence-corrected chi connectivity index (χ4v) is 10.6. The van der Waals surface area contributed by atoms with Gasteiger partial charge in [-0.2, -0.15) is 0 Å². The number of halogens is 2. The van der Waals surface area contributed by atoms with Gasteiger partial charge in [0.2, 0.25) is 23.6 Å². The number of amides is 8. The highest BCUT2D eigenvalue weighted by atomic mass is 79.9. The number of aryl methyl sites for hydroxylation is 1. The Labute approximate surface area is 504 Å². The highest BCUT2D eigenvalue weighted by Crippen LogP contribution is 2.49. The lowest BCUT2D eigenvalue weighted by atomic mass is 9.83. The van der Waals surface area contributed by atoms with E-state index in [1.807, 2.05) is 13.0 Å². The lowest BCUT2D eigenvalue weighted by molar-refractivity contribution is -0.152. The number of nitrogens with zero attached hydrogens (tertiary/aromatic N) is 1. The molecule has 8 amide bonds. The highest BCUT2D eigenvalue weighted by molar-refractivity contribution is 9.09. The van der Waals surface area contributed by atoms with Gasteiger partial charge in [-0.1, -0.05) is 78.7 Å². The van der Waals surface area contributed by atoms with Gasteiger partial charge in [0, 0.05) is 61.7 Å². The second-order valence-electron chi connectivity index (χ2n) is 22.7. The van der Waals surface area contributed by atoms with Crippen molar-refractivity contribution in [1.29, 1.82) is 0 Å². The third-order valence-corrected chi connectivity index (χ3v) is 16.1. The fourth-order valence-electron chi connectivity index (χ4n) is 10.1. The van der Waals surface area contributed by atoms with Gasteiger partial charge in [0.05, 0.1) is 25.3 Å². The number of unbranched alkanes of at least 4 members (excludes halogenated alkanes) is 1. The molecule has 2 saturated heterocycles. The minimum absolute atomic E-state index is 0.0637. The van der Waals surface area contributed by atoms with Gasteiger partial charge in [0.1, 0.15) is 52.4 Å². The predicted molar refractivity (Wildman–Crippen MR) is 320 cm³/mol. The minimum atomic E-state index is -1.90. The van der Waals surface area contributed by atoms with Crippen LogP contribution < -0.4 is 47.3 Å².